The van der Waals surface area contributed by atoms with Gasteiger partial charge in [-0.15, -0.1) is 0 Å². The van der Waals surface area contributed by atoms with Gasteiger partial charge in [-0.2, -0.15) is 11.3 Å². The zero-order chi connectivity index (χ0) is 10.7. The molecule has 0 saturated carbocycles. The van der Waals surface area contributed by atoms with E-state index >= 15 is 0 Å². The molecule has 2 atom stereocenters. The zero-order valence-corrected chi connectivity index (χ0v) is 9.85. The third-order valence-electron chi connectivity index (χ3n) is 2.93. The largest absolute Gasteiger partial charge is 0.379 e. The van der Waals surface area contributed by atoms with E-state index in [9.17, 15) is 0 Å². The molecule has 2 unspecified atom stereocenters. The van der Waals surface area contributed by atoms with Crippen molar-refractivity contribution >= 4 is 11.3 Å². The third kappa shape index (κ3) is 2.78. The number of nitrogens with one attached hydrogen (secondary N) is 1. The van der Waals surface area contributed by atoms with Crippen LogP contribution in [0.4, 0.5) is 0 Å². The van der Waals surface area contributed by atoms with Crippen molar-refractivity contribution in [3.63, 3.8) is 0 Å². The van der Waals surface area contributed by atoms with Gasteiger partial charge in [0, 0.05) is 25.0 Å². The van der Waals surface area contributed by atoms with E-state index in [2.05, 4.69) is 23.0 Å². The van der Waals surface area contributed by atoms with E-state index in [1.165, 1.54) is 11.1 Å². The Morgan fingerprint density at radius 2 is 2.40 bits per heavy atom. The summed E-state index contributed by atoms with van der Waals surface area (Å²) in [6.45, 7) is 5.56. The number of hydrogen-bond acceptors (Lipinski definition) is 4. The number of ether oxygens (including phenoxy) is 1. The molecule has 0 bridgehead atoms. The first-order chi connectivity index (χ1) is 7.27. The zero-order valence-electron chi connectivity index (χ0n) is 9.03. The molecule has 0 spiro atoms. The second-order valence-electron chi connectivity index (χ2n) is 4.17. The number of aryl methyl sites for hydroxylation is 1. The molecule has 1 aliphatic heterocycles. The highest BCUT2D eigenvalue weighted by atomic mass is 32.1. The van der Waals surface area contributed by atoms with Gasteiger partial charge >= 0.3 is 0 Å². The van der Waals surface area contributed by atoms with E-state index in [0.717, 1.165) is 19.7 Å². The fourth-order valence-corrected chi connectivity index (χ4v) is 2.64. The van der Waals surface area contributed by atoms with Crippen LogP contribution in [-0.2, 0) is 11.3 Å². The Morgan fingerprint density at radius 3 is 3.00 bits per heavy atom. The predicted octanol–water partition coefficient (Wildman–Crippen LogP) is 1.12. The Bertz CT molecular complexity index is 313. The number of hydrogen-bond donors (Lipinski definition) is 2. The highest BCUT2D eigenvalue weighted by Crippen LogP contribution is 2.14. The lowest BCUT2D eigenvalue weighted by Crippen LogP contribution is -2.35. The van der Waals surface area contributed by atoms with Crippen molar-refractivity contribution in [3.05, 3.63) is 21.9 Å². The molecule has 0 aromatic carbocycles. The maximum absolute atomic E-state index is 5.91. The Morgan fingerprint density at radius 1 is 1.53 bits per heavy atom. The molecule has 4 heteroatoms. The molecule has 1 aromatic rings. The Balaban J connectivity index is 1.73. The Labute approximate surface area is 94.6 Å². The van der Waals surface area contributed by atoms with Crippen LogP contribution in [0.5, 0.6) is 0 Å². The van der Waals surface area contributed by atoms with Crippen LogP contribution in [0.2, 0.25) is 0 Å². The average molecular weight is 226 g/mol. The average Bonchev–Trinajstić information content (AvgIpc) is 2.78. The van der Waals surface area contributed by atoms with Crippen molar-refractivity contribution in [1.29, 1.82) is 0 Å². The van der Waals surface area contributed by atoms with Crippen LogP contribution in [0, 0.1) is 12.8 Å². The summed E-state index contributed by atoms with van der Waals surface area (Å²) >= 11 is 1.76. The van der Waals surface area contributed by atoms with Gasteiger partial charge in [-0.1, -0.05) is 0 Å². The monoisotopic (exact) mass is 226 g/mol. The highest BCUT2D eigenvalue weighted by Gasteiger charge is 2.23. The topological polar surface area (TPSA) is 47.3 Å². The lowest BCUT2D eigenvalue weighted by molar-refractivity contribution is 0.184. The molecule has 1 saturated heterocycles. The third-order valence-corrected chi connectivity index (χ3v) is 3.84. The van der Waals surface area contributed by atoms with E-state index in [0.29, 0.717) is 12.5 Å². The first-order valence-electron chi connectivity index (χ1n) is 5.33. The molecule has 0 amide bonds. The van der Waals surface area contributed by atoms with Crippen LogP contribution < -0.4 is 11.1 Å². The van der Waals surface area contributed by atoms with Gasteiger partial charge in [0.05, 0.1) is 13.2 Å². The van der Waals surface area contributed by atoms with Crippen molar-refractivity contribution in [2.75, 3.05) is 19.8 Å². The molecule has 15 heavy (non-hydrogen) atoms. The number of thiophene rings is 1. The van der Waals surface area contributed by atoms with Crippen LogP contribution in [-0.4, -0.2) is 25.8 Å². The van der Waals surface area contributed by atoms with E-state index in [-0.39, 0.29) is 6.04 Å². The van der Waals surface area contributed by atoms with Crippen LogP contribution in [0.1, 0.15) is 11.1 Å². The minimum Gasteiger partial charge on any atom is -0.379 e. The lowest BCUT2D eigenvalue weighted by atomic mass is 10.1. The van der Waals surface area contributed by atoms with Gasteiger partial charge in [0.1, 0.15) is 0 Å². The molecule has 1 aromatic heterocycles. The maximum Gasteiger partial charge on any atom is 0.0621 e. The van der Waals surface area contributed by atoms with Gasteiger partial charge in [0.2, 0.25) is 0 Å². The molecule has 84 valence electrons. The second-order valence-corrected chi connectivity index (χ2v) is 4.92. The standard InChI is InChI=1S/C11H18N2OS/c1-8-6-15-7-10(8)3-13-2-9-4-14-5-11(9)12/h6-7,9,11,13H,2-5,12H2,1H3. The number of rotatable bonds is 4. The van der Waals surface area contributed by atoms with Crippen molar-refractivity contribution in [2.24, 2.45) is 11.7 Å². The fraction of sp³-hybridized carbons (Fsp3) is 0.636. The van der Waals surface area contributed by atoms with E-state index in [4.69, 9.17) is 10.5 Å². The van der Waals surface area contributed by atoms with Crippen molar-refractivity contribution < 1.29 is 4.74 Å². The quantitative estimate of drug-likeness (QED) is 0.809. The van der Waals surface area contributed by atoms with Gasteiger partial charge in [-0.25, -0.2) is 0 Å². The summed E-state index contributed by atoms with van der Waals surface area (Å²) < 4.78 is 5.32. The molecule has 2 rings (SSSR count). The summed E-state index contributed by atoms with van der Waals surface area (Å²) in [6, 6.07) is 0.209. The summed E-state index contributed by atoms with van der Waals surface area (Å²) in [6.07, 6.45) is 0. The summed E-state index contributed by atoms with van der Waals surface area (Å²) in [5.41, 5.74) is 8.68. The molecule has 2 heterocycles. The molecule has 0 radical (unpaired) electrons. The van der Waals surface area contributed by atoms with Gasteiger partial charge in [-0.05, 0) is 28.8 Å². The molecule has 1 aliphatic rings. The first kappa shape index (κ1) is 11.1. The minimum absolute atomic E-state index is 0.209. The fourth-order valence-electron chi connectivity index (χ4n) is 1.79. The van der Waals surface area contributed by atoms with E-state index in [1.54, 1.807) is 11.3 Å². The molecule has 3 nitrogen and oxygen atoms in total. The summed E-state index contributed by atoms with van der Waals surface area (Å²) in [7, 11) is 0. The van der Waals surface area contributed by atoms with Crippen LogP contribution in [0.15, 0.2) is 10.8 Å². The Kier molecular flexibility index (Phi) is 3.75. The molecule has 1 fully saturated rings. The van der Waals surface area contributed by atoms with Gasteiger partial charge < -0.3 is 15.8 Å². The smallest absolute Gasteiger partial charge is 0.0621 e. The summed E-state index contributed by atoms with van der Waals surface area (Å²) in [5.74, 6) is 0.476. The van der Waals surface area contributed by atoms with Crippen LogP contribution >= 0.6 is 11.3 Å². The molecular formula is C11H18N2OS. The van der Waals surface area contributed by atoms with Gasteiger partial charge in [-0.3, -0.25) is 0 Å². The maximum atomic E-state index is 5.91. The minimum atomic E-state index is 0.209. The summed E-state index contributed by atoms with van der Waals surface area (Å²) in [4.78, 5) is 0. The summed E-state index contributed by atoms with van der Waals surface area (Å²) in [5, 5.41) is 7.83. The normalized spacial score (nSPS) is 26.0. The second kappa shape index (κ2) is 5.07. The number of nitrogens with two attached hydrogens (primary N) is 1. The van der Waals surface area contributed by atoms with Crippen molar-refractivity contribution in [3.8, 4) is 0 Å². The van der Waals surface area contributed by atoms with Gasteiger partial charge in [0.25, 0.3) is 0 Å². The van der Waals surface area contributed by atoms with Crippen LogP contribution in [0.3, 0.4) is 0 Å². The Hall–Kier alpha value is -0.420. The van der Waals surface area contributed by atoms with E-state index in [1.807, 2.05) is 0 Å². The van der Waals surface area contributed by atoms with Crippen molar-refractivity contribution in [2.45, 2.75) is 19.5 Å². The predicted molar refractivity (Wildman–Crippen MR) is 63.0 cm³/mol. The first-order valence-corrected chi connectivity index (χ1v) is 6.27. The molecular weight excluding hydrogens is 208 g/mol. The van der Waals surface area contributed by atoms with Crippen molar-refractivity contribution in [1.82, 2.24) is 5.32 Å². The van der Waals surface area contributed by atoms with Gasteiger partial charge in [0.15, 0.2) is 0 Å². The lowest BCUT2D eigenvalue weighted by Gasteiger charge is -2.13. The van der Waals surface area contributed by atoms with Crippen LogP contribution in [0.25, 0.3) is 0 Å². The highest BCUT2D eigenvalue weighted by molar-refractivity contribution is 7.08. The SMILES string of the molecule is Cc1cscc1CNCC1COCC1N. The molecule has 0 aliphatic carbocycles. The molecule has 3 N–H and O–H groups in total. The van der Waals surface area contributed by atoms with E-state index < -0.39 is 0 Å².